The summed E-state index contributed by atoms with van der Waals surface area (Å²) in [5.74, 6) is -0.0207. The predicted octanol–water partition coefficient (Wildman–Crippen LogP) is 1.98. The lowest BCUT2D eigenvalue weighted by Crippen LogP contribution is -2.43. The molecule has 1 N–H and O–H groups in total. The molecule has 4 nitrogen and oxygen atoms in total. The summed E-state index contributed by atoms with van der Waals surface area (Å²) < 4.78 is 0. The van der Waals surface area contributed by atoms with E-state index >= 15 is 0 Å². The maximum absolute atomic E-state index is 12.3. The Morgan fingerprint density at radius 3 is 2.56 bits per heavy atom. The molecule has 0 aromatic heterocycles. The van der Waals surface area contributed by atoms with Crippen LogP contribution in [0.4, 0.5) is 0 Å². The van der Waals surface area contributed by atoms with Crippen LogP contribution in [0, 0.1) is 5.41 Å². The average Bonchev–Trinajstić information content (AvgIpc) is 3.03. The van der Waals surface area contributed by atoms with E-state index < -0.39 is 11.4 Å². The van der Waals surface area contributed by atoms with E-state index in [0.717, 1.165) is 25.0 Å². The molecule has 2 atom stereocenters. The second kappa shape index (κ2) is 5.11. The molecule has 5 heteroatoms. The molecule has 0 radical (unpaired) electrons. The van der Waals surface area contributed by atoms with E-state index in [1.165, 1.54) is 0 Å². The van der Waals surface area contributed by atoms with Gasteiger partial charge in [0.15, 0.2) is 0 Å². The fraction of sp³-hybridized carbons (Fsp3) is 0.846. The maximum Gasteiger partial charge on any atom is 0.319 e. The molecule has 2 saturated carbocycles. The van der Waals surface area contributed by atoms with Gasteiger partial charge in [-0.2, -0.15) is 11.8 Å². The molecule has 0 heterocycles. The fourth-order valence-corrected chi connectivity index (χ4v) is 3.94. The third kappa shape index (κ3) is 2.37. The molecule has 0 aliphatic heterocycles. The van der Waals surface area contributed by atoms with Gasteiger partial charge in [-0.3, -0.25) is 9.59 Å². The minimum atomic E-state index is -1.08. The van der Waals surface area contributed by atoms with Crippen LogP contribution in [0.5, 0.6) is 0 Å². The number of rotatable bonds is 5. The summed E-state index contributed by atoms with van der Waals surface area (Å²) in [5, 5.41) is 9.78. The second-order valence-corrected chi connectivity index (χ2v) is 6.92. The minimum Gasteiger partial charge on any atom is -0.480 e. The van der Waals surface area contributed by atoms with E-state index in [4.69, 9.17) is 5.11 Å². The average molecular weight is 271 g/mol. The molecule has 2 unspecified atom stereocenters. The molecule has 0 spiro atoms. The molecule has 2 aliphatic rings. The van der Waals surface area contributed by atoms with Crippen molar-refractivity contribution in [2.24, 2.45) is 5.41 Å². The highest BCUT2D eigenvalue weighted by Gasteiger charge is 2.58. The summed E-state index contributed by atoms with van der Waals surface area (Å²) in [4.78, 5) is 25.1. The zero-order valence-electron chi connectivity index (χ0n) is 11.0. The van der Waals surface area contributed by atoms with Gasteiger partial charge in [0.1, 0.15) is 5.41 Å². The largest absolute Gasteiger partial charge is 0.480 e. The van der Waals surface area contributed by atoms with Crippen LogP contribution in [-0.4, -0.2) is 46.0 Å². The molecule has 0 aromatic rings. The zero-order chi connectivity index (χ0) is 13.3. The summed E-state index contributed by atoms with van der Waals surface area (Å²) >= 11 is 1.95. The van der Waals surface area contributed by atoms with E-state index in [0.29, 0.717) is 18.1 Å². The highest BCUT2D eigenvalue weighted by atomic mass is 32.2. The number of hydrogen-bond donors (Lipinski definition) is 1. The molecule has 0 saturated heterocycles. The smallest absolute Gasteiger partial charge is 0.319 e. The van der Waals surface area contributed by atoms with Crippen LogP contribution in [0.1, 0.15) is 39.0 Å². The van der Waals surface area contributed by atoms with Crippen LogP contribution in [0.15, 0.2) is 0 Å². The number of amides is 1. The van der Waals surface area contributed by atoms with Crippen LogP contribution in [0.3, 0.4) is 0 Å². The molecular weight excluding hydrogens is 250 g/mol. The van der Waals surface area contributed by atoms with Gasteiger partial charge in [-0.15, -0.1) is 0 Å². The number of carbonyl (C=O) groups is 2. The second-order valence-electron chi connectivity index (χ2n) is 5.35. The van der Waals surface area contributed by atoms with Gasteiger partial charge in [0.2, 0.25) is 5.91 Å². The lowest BCUT2D eigenvalue weighted by atomic mass is 10.0. The number of nitrogens with zero attached hydrogens (tertiary/aromatic N) is 1. The van der Waals surface area contributed by atoms with Crippen molar-refractivity contribution in [3.8, 4) is 0 Å². The normalized spacial score (nSPS) is 29.0. The highest BCUT2D eigenvalue weighted by Crippen LogP contribution is 2.48. The summed E-state index contributed by atoms with van der Waals surface area (Å²) in [5.41, 5.74) is -1.08. The van der Waals surface area contributed by atoms with Crippen molar-refractivity contribution >= 4 is 23.6 Å². The van der Waals surface area contributed by atoms with Crippen LogP contribution in [-0.2, 0) is 9.59 Å². The third-order valence-electron chi connectivity index (χ3n) is 4.20. The van der Waals surface area contributed by atoms with Crippen molar-refractivity contribution in [2.45, 2.75) is 50.3 Å². The fourth-order valence-electron chi connectivity index (χ4n) is 2.80. The predicted molar refractivity (Wildman–Crippen MR) is 71.6 cm³/mol. The van der Waals surface area contributed by atoms with Crippen molar-refractivity contribution in [3.05, 3.63) is 0 Å². The van der Waals surface area contributed by atoms with Gasteiger partial charge in [0.05, 0.1) is 0 Å². The number of carboxylic acids is 1. The van der Waals surface area contributed by atoms with Crippen molar-refractivity contribution in [2.75, 3.05) is 12.8 Å². The maximum atomic E-state index is 12.3. The molecular formula is C13H21NO3S. The SMILES string of the molecule is CCSC1CCC(N(C)C(=O)C2(C(=O)O)CC2)C1. The van der Waals surface area contributed by atoms with E-state index in [9.17, 15) is 9.59 Å². The summed E-state index contributed by atoms with van der Waals surface area (Å²) in [6, 6.07) is 0.235. The lowest BCUT2D eigenvalue weighted by molar-refractivity contribution is -0.153. The van der Waals surface area contributed by atoms with Crippen LogP contribution >= 0.6 is 11.8 Å². The molecule has 2 rings (SSSR count). The number of aliphatic carboxylic acids is 1. The molecule has 1 amide bonds. The first-order valence-electron chi connectivity index (χ1n) is 6.63. The van der Waals surface area contributed by atoms with Crippen LogP contribution in [0.2, 0.25) is 0 Å². The Morgan fingerprint density at radius 2 is 2.06 bits per heavy atom. The zero-order valence-corrected chi connectivity index (χ0v) is 11.8. The number of thioether (sulfide) groups is 1. The molecule has 102 valence electrons. The van der Waals surface area contributed by atoms with Gasteiger partial charge in [0.25, 0.3) is 0 Å². The topological polar surface area (TPSA) is 57.6 Å². The highest BCUT2D eigenvalue weighted by molar-refractivity contribution is 7.99. The van der Waals surface area contributed by atoms with Gasteiger partial charge in [-0.1, -0.05) is 6.92 Å². The Morgan fingerprint density at radius 1 is 1.39 bits per heavy atom. The molecule has 2 aliphatic carbocycles. The lowest BCUT2D eigenvalue weighted by Gasteiger charge is -2.27. The Balaban J connectivity index is 1.94. The first kappa shape index (κ1) is 13.7. The quantitative estimate of drug-likeness (QED) is 0.777. The number of hydrogen-bond acceptors (Lipinski definition) is 3. The summed E-state index contributed by atoms with van der Waals surface area (Å²) in [7, 11) is 1.77. The van der Waals surface area contributed by atoms with Crippen molar-refractivity contribution < 1.29 is 14.7 Å². The monoisotopic (exact) mass is 271 g/mol. The molecule has 18 heavy (non-hydrogen) atoms. The standard InChI is InChI=1S/C13H21NO3S/c1-3-18-10-5-4-9(8-10)14(2)11(15)13(6-7-13)12(16)17/h9-10H,3-8H2,1-2H3,(H,16,17). The van der Waals surface area contributed by atoms with Gasteiger partial charge >= 0.3 is 5.97 Å². The van der Waals surface area contributed by atoms with Gasteiger partial charge in [-0.25, -0.2) is 0 Å². The van der Waals surface area contributed by atoms with Gasteiger partial charge in [0, 0.05) is 18.3 Å². The minimum absolute atomic E-state index is 0.179. The van der Waals surface area contributed by atoms with Crippen molar-refractivity contribution in [1.82, 2.24) is 4.90 Å². The first-order chi connectivity index (χ1) is 8.51. The summed E-state index contributed by atoms with van der Waals surface area (Å²) in [6.07, 6.45) is 4.17. The molecule has 0 aromatic carbocycles. The van der Waals surface area contributed by atoms with Crippen LogP contribution in [0.25, 0.3) is 0 Å². The van der Waals surface area contributed by atoms with E-state index in [2.05, 4.69) is 6.92 Å². The van der Waals surface area contributed by atoms with Crippen LogP contribution < -0.4 is 0 Å². The van der Waals surface area contributed by atoms with E-state index in [1.807, 2.05) is 11.8 Å². The number of carboxylic acid groups (broad SMARTS) is 1. The van der Waals surface area contributed by atoms with Crippen molar-refractivity contribution in [1.29, 1.82) is 0 Å². The number of carbonyl (C=O) groups excluding carboxylic acids is 1. The summed E-state index contributed by atoms with van der Waals surface area (Å²) in [6.45, 7) is 2.15. The third-order valence-corrected chi connectivity index (χ3v) is 5.43. The molecule has 2 fully saturated rings. The first-order valence-corrected chi connectivity index (χ1v) is 7.68. The van der Waals surface area contributed by atoms with E-state index in [-0.39, 0.29) is 11.9 Å². The molecule has 0 bridgehead atoms. The van der Waals surface area contributed by atoms with Crippen molar-refractivity contribution in [3.63, 3.8) is 0 Å². The Hall–Kier alpha value is -0.710. The Labute approximate surface area is 112 Å². The van der Waals surface area contributed by atoms with Gasteiger partial charge in [-0.05, 0) is 37.9 Å². The van der Waals surface area contributed by atoms with Gasteiger partial charge < -0.3 is 10.0 Å². The van der Waals surface area contributed by atoms with E-state index in [1.54, 1.807) is 11.9 Å². The Bertz CT molecular complexity index is 354. The Kier molecular flexibility index (Phi) is 3.90.